The molecule has 24 heavy (non-hydrogen) atoms. The van der Waals surface area contributed by atoms with Crippen LogP contribution in [0.5, 0.6) is 0 Å². The minimum Gasteiger partial charge on any atom is -0.477 e. The summed E-state index contributed by atoms with van der Waals surface area (Å²) in [6.45, 7) is 0. The predicted molar refractivity (Wildman–Crippen MR) is 80.4 cm³/mol. The van der Waals surface area contributed by atoms with Crippen molar-refractivity contribution in [2.75, 3.05) is 14.1 Å². The van der Waals surface area contributed by atoms with Crippen molar-refractivity contribution in [1.82, 2.24) is 9.88 Å². The van der Waals surface area contributed by atoms with E-state index in [2.05, 4.69) is 4.98 Å². The SMILES string of the molecule is CN(C)/C=C(\C(=O)O)C(=O)c1cc2cc(F)c(F)c(F)c2nc1Cl. The molecule has 0 saturated heterocycles. The molecule has 126 valence electrons. The Morgan fingerprint density at radius 2 is 1.83 bits per heavy atom. The van der Waals surface area contributed by atoms with Crippen molar-refractivity contribution in [3.63, 3.8) is 0 Å². The number of aliphatic carboxylic acids is 1. The van der Waals surface area contributed by atoms with Crippen LogP contribution in [-0.4, -0.2) is 40.8 Å². The number of nitrogens with zero attached hydrogens (tertiary/aromatic N) is 2. The van der Waals surface area contributed by atoms with Crippen LogP contribution in [0, 0.1) is 17.5 Å². The molecule has 0 aliphatic rings. The van der Waals surface area contributed by atoms with Crippen molar-refractivity contribution < 1.29 is 27.9 Å². The van der Waals surface area contributed by atoms with Gasteiger partial charge >= 0.3 is 5.97 Å². The van der Waals surface area contributed by atoms with E-state index in [4.69, 9.17) is 16.7 Å². The molecule has 0 bridgehead atoms. The molecule has 2 aromatic rings. The van der Waals surface area contributed by atoms with E-state index < -0.39 is 45.4 Å². The van der Waals surface area contributed by atoms with Crippen molar-refractivity contribution >= 4 is 34.3 Å². The summed E-state index contributed by atoms with van der Waals surface area (Å²) in [7, 11) is 3.01. The van der Waals surface area contributed by atoms with Gasteiger partial charge in [-0.15, -0.1) is 0 Å². The zero-order valence-electron chi connectivity index (χ0n) is 12.4. The standard InChI is InChI=1S/C15H10ClF3N2O3/c1-21(2)5-8(15(23)24)13(22)7-3-6-4-9(17)10(18)11(19)12(6)20-14(7)16/h3-5H,1-2H3,(H,23,24)/b8-5-. The van der Waals surface area contributed by atoms with Gasteiger partial charge in [0.05, 0.1) is 5.56 Å². The molecule has 0 aliphatic heterocycles. The predicted octanol–water partition coefficient (Wildman–Crippen LogP) is 3.02. The number of carbonyl (C=O) groups excluding carboxylic acids is 1. The fourth-order valence-corrected chi connectivity index (χ4v) is 2.20. The fourth-order valence-electron chi connectivity index (χ4n) is 1.97. The Balaban J connectivity index is 2.69. The van der Waals surface area contributed by atoms with Gasteiger partial charge in [0.15, 0.2) is 17.5 Å². The molecule has 0 spiro atoms. The van der Waals surface area contributed by atoms with E-state index in [0.717, 1.165) is 12.3 Å². The third-order valence-electron chi connectivity index (χ3n) is 3.00. The lowest BCUT2D eigenvalue weighted by Gasteiger charge is -2.10. The summed E-state index contributed by atoms with van der Waals surface area (Å²) in [6, 6.07) is 1.61. The smallest absolute Gasteiger partial charge is 0.341 e. The summed E-state index contributed by atoms with van der Waals surface area (Å²) in [4.78, 5) is 28.5. The maximum Gasteiger partial charge on any atom is 0.341 e. The number of halogens is 4. The van der Waals surface area contributed by atoms with E-state index in [1.165, 1.54) is 19.0 Å². The lowest BCUT2D eigenvalue weighted by molar-refractivity contribution is -0.132. The quantitative estimate of drug-likeness (QED) is 0.227. The number of carbonyl (C=O) groups is 2. The lowest BCUT2D eigenvalue weighted by Crippen LogP contribution is -2.17. The minimum absolute atomic E-state index is 0.228. The second kappa shape index (κ2) is 6.48. The zero-order chi connectivity index (χ0) is 18.2. The Hall–Kier alpha value is -2.61. The lowest BCUT2D eigenvalue weighted by atomic mass is 10.0. The fraction of sp³-hybridized carbons (Fsp3) is 0.133. The van der Waals surface area contributed by atoms with Crippen LogP contribution < -0.4 is 0 Å². The number of aromatic nitrogens is 1. The van der Waals surface area contributed by atoms with E-state index in [-0.39, 0.29) is 10.9 Å². The molecule has 1 N–H and O–H groups in total. The molecule has 0 radical (unpaired) electrons. The van der Waals surface area contributed by atoms with Crippen molar-refractivity contribution in [3.8, 4) is 0 Å². The summed E-state index contributed by atoms with van der Waals surface area (Å²) < 4.78 is 40.3. The summed E-state index contributed by atoms with van der Waals surface area (Å²) >= 11 is 5.80. The topological polar surface area (TPSA) is 70.5 Å². The van der Waals surface area contributed by atoms with Gasteiger partial charge in [0.2, 0.25) is 5.78 Å². The Morgan fingerprint density at radius 3 is 2.38 bits per heavy atom. The molecular formula is C15H10ClF3N2O3. The minimum atomic E-state index is -1.72. The van der Waals surface area contributed by atoms with E-state index in [1.54, 1.807) is 0 Å². The van der Waals surface area contributed by atoms with Gasteiger partial charge in [-0.05, 0) is 12.1 Å². The summed E-state index contributed by atoms with van der Waals surface area (Å²) in [5.41, 5.74) is -1.56. The Labute approximate surface area is 139 Å². The zero-order valence-corrected chi connectivity index (χ0v) is 13.2. The van der Waals surface area contributed by atoms with Crippen LogP contribution in [-0.2, 0) is 4.79 Å². The molecule has 1 aromatic heterocycles. The van der Waals surface area contributed by atoms with Crippen LogP contribution in [0.3, 0.4) is 0 Å². The number of rotatable bonds is 4. The van der Waals surface area contributed by atoms with Crippen molar-refractivity contribution in [2.24, 2.45) is 0 Å². The van der Waals surface area contributed by atoms with Crippen LogP contribution >= 0.6 is 11.6 Å². The second-order valence-electron chi connectivity index (χ2n) is 5.03. The van der Waals surface area contributed by atoms with Crippen molar-refractivity contribution in [3.05, 3.63) is 52.1 Å². The number of Topliss-reactive ketones (excluding diaryl/α,β-unsaturated/α-hetero) is 1. The highest BCUT2D eigenvalue weighted by atomic mass is 35.5. The van der Waals surface area contributed by atoms with Crippen LogP contribution in [0.4, 0.5) is 13.2 Å². The number of hydrogen-bond acceptors (Lipinski definition) is 4. The summed E-state index contributed by atoms with van der Waals surface area (Å²) in [5, 5.41) is 8.38. The molecule has 1 heterocycles. The maximum atomic E-state index is 13.7. The van der Waals surface area contributed by atoms with E-state index >= 15 is 0 Å². The number of benzene rings is 1. The molecule has 1 aromatic carbocycles. The molecule has 0 aliphatic carbocycles. The van der Waals surface area contributed by atoms with Gasteiger partial charge in [-0.1, -0.05) is 11.6 Å². The number of ketones is 1. The van der Waals surface area contributed by atoms with E-state index in [0.29, 0.717) is 6.07 Å². The normalized spacial score (nSPS) is 11.7. The van der Waals surface area contributed by atoms with Gasteiger partial charge < -0.3 is 10.0 Å². The summed E-state index contributed by atoms with van der Waals surface area (Å²) in [5.74, 6) is -7.25. The molecule has 0 saturated carbocycles. The number of hydrogen-bond donors (Lipinski definition) is 1. The van der Waals surface area contributed by atoms with Crippen LogP contribution in [0.15, 0.2) is 23.9 Å². The van der Waals surface area contributed by atoms with E-state index in [1.807, 2.05) is 0 Å². The maximum absolute atomic E-state index is 13.7. The largest absolute Gasteiger partial charge is 0.477 e. The third kappa shape index (κ3) is 3.18. The molecule has 5 nitrogen and oxygen atoms in total. The van der Waals surface area contributed by atoms with Gasteiger partial charge in [-0.3, -0.25) is 4.79 Å². The van der Waals surface area contributed by atoms with Gasteiger partial charge in [0.1, 0.15) is 16.2 Å². The molecule has 0 atom stereocenters. The van der Waals surface area contributed by atoms with Gasteiger partial charge in [0, 0.05) is 25.7 Å². The first-order valence-corrected chi connectivity index (χ1v) is 6.81. The Bertz CT molecular complexity index is 897. The van der Waals surface area contributed by atoms with Crippen LogP contribution in [0.25, 0.3) is 10.9 Å². The molecule has 0 fully saturated rings. The Kier molecular flexibility index (Phi) is 4.79. The molecule has 0 amide bonds. The average molecular weight is 359 g/mol. The van der Waals surface area contributed by atoms with Crippen LogP contribution in [0.2, 0.25) is 5.15 Å². The van der Waals surface area contributed by atoms with Crippen molar-refractivity contribution in [1.29, 1.82) is 0 Å². The number of carboxylic acids is 1. The number of fused-ring (bicyclic) bond motifs is 1. The third-order valence-corrected chi connectivity index (χ3v) is 3.29. The summed E-state index contributed by atoms with van der Waals surface area (Å²) in [6.07, 6.45) is 1.05. The van der Waals surface area contributed by atoms with E-state index in [9.17, 15) is 22.8 Å². The molecular weight excluding hydrogens is 349 g/mol. The first-order valence-electron chi connectivity index (χ1n) is 6.43. The van der Waals surface area contributed by atoms with Crippen LogP contribution in [0.1, 0.15) is 10.4 Å². The first kappa shape index (κ1) is 17.7. The monoisotopic (exact) mass is 358 g/mol. The average Bonchev–Trinajstić information content (AvgIpc) is 2.50. The highest BCUT2D eigenvalue weighted by Crippen LogP contribution is 2.27. The second-order valence-corrected chi connectivity index (χ2v) is 5.38. The number of pyridine rings is 1. The highest BCUT2D eigenvalue weighted by molar-refractivity contribution is 6.36. The van der Waals surface area contributed by atoms with Gasteiger partial charge in [0.25, 0.3) is 0 Å². The number of carboxylic acid groups (broad SMARTS) is 1. The highest BCUT2D eigenvalue weighted by Gasteiger charge is 2.24. The molecule has 0 unspecified atom stereocenters. The molecule has 2 rings (SSSR count). The first-order chi connectivity index (χ1) is 11.1. The molecule has 9 heteroatoms. The van der Waals surface area contributed by atoms with Gasteiger partial charge in [-0.25, -0.2) is 22.9 Å². The van der Waals surface area contributed by atoms with Gasteiger partial charge in [-0.2, -0.15) is 0 Å². The van der Waals surface area contributed by atoms with Crippen molar-refractivity contribution in [2.45, 2.75) is 0 Å². The Morgan fingerprint density at radius 1 is 1.21 bits per heavy atom.